The van der Waals surface area contributed by atoms with Crippen molar-refractivity contribution in [2.45, 2.75) is 64.2 Å². The van der Waals surface area contributed by atoms with Crippen LogP contribution in [0.4, 0.5) is 26.2 Å². The molecule has 4 atom stereocenters. The minimum Gasteiger partial charge on any atom is -0.493 e. The maximum Gasteiger partial charge on any atom is 0.405 e. The first-order valence-electron chi connectivity index (χ1n) is 22.0. The van der Waals surface area contributed by atoms with Crippen LogP contribution in [0.25, 0.3) is 11.1 Å². The van der Waals surface area contributed by atoms with E-state index in [-0.39, 0.29) is 48.8 Å². The van der Waals surface area contributed by atoms with Crippen molar-refractivity contribution in [2.24, 2.45) is 15.9 Å². The van der Waals surface area contributed by atoms with Crippen LogP contribution >= 0.6 is 0 Å². The molecule has 0 aliphatic carbocycles. The van der Waals surface area contributed by atoms with Crippen LogP contribution in [0.5, 0.6) is 23.0 Å². The van der Waals surface area contributed by atoms with Gasteiger partial charge in [-0.25, -0.2) is 9.18 Å². The summed E-state index contributed by atoms with van der Waals surface area (Å²) in [4.78, 5) is 77.0. The van der Waals surface area contributed by atoms with Gasteiger partial charge in [-0.05, 0) is 71.5 Å². The lowest BCUT2D eigenvalue weighted by atomic mass is 10.0. The second-order valence-corrected chi connectivity index (χ2v) is 16.9. The number of nitrogens with one attached hydrogen (secondary N) is 3. The molecule has 5 amide bonds. The summed E-state index contributed by atoms with van der Waals surface area (Å²) in [6.45, 7) is 5.38. The first-order valence-corrected chi connectivity index (χ1v) is 22.0. The van der Waals surface area contributed by atoms with E-state index in [1.807, 2.05) is 12.1 Å². The number of carbonyl (C=O) groups excluding carboxylic acids is 4. The van der Waals surface area contributed by atoms with E-state index in [1.165, 1.54) is 33.3 Å². The van der Waals surface area contributed by atoms with E-state index in [4.69, 9.17) is 29.0 Å². The van der Waals surface area contributed by atoms with E-state index in [9.17, 15) is 28.4 Å². The number of ether oxygens (including phenoxy) is 4. The molecule has 0 saturated carbocycles. The number of benzene rings is 4. The lowest BCUT2D eigenvalue weighted by molar-refractivity contribution is -0.128. The number of rotatable bonds is 16. The zero-order valence-electron chi connectivity index (χ0n) is 37.9. The third kappa shape index (κ3) is 9.89. The fraction of sp³-hybridized carbons (Fsp3) is 0.300. The first-order chi connectivity index (χ1) is 32.7. The lowest BCUT2D eigenvalue weighted by Crippen LogP contribution is -2.53. The molecule has 4 heterocycles. The second kappa shape index (κ2) is 19.8. The lowest BCUT2D eigenvalue weighted by Gasteiger charge is -2.22. The number of hydrogen-bond donors (Lipinski definition) is 4. The summed E-state index contributed by atoms with van der Waals surface area (Å²) in [5, 5.41) is 16.6. The van der Waals surface area contributed by atoms with Gasteiger partial charge in [-0.2, -0.15) is 0 Å². The predicted octanol–water partition coefficient (Wildman–Crippen LogP) is 7.37. The van der Waals surface area contributed by atoms with Crippen LogP contribution in [-0.4, -0.2) is 109 Å². The molecule has 0 spiro atoms. The third-order valence-electron chi connectivity index (χ3n) is 11.9. The zero-order chi connectivity index (χ0) is 48.2. The SMILES string of the molecule is COc1cc2c(cc1OCCCOc1cc3c(cc1OC)C(=O)N1C=C(c4ccc(NC(=O)C(C)NC(=O)C(NC(=O)O)C(C)C)cc4)C[C@H]1C=N3)N=C[C@@H]1CC(c3ccc(F)cc3)=CN1C2=O. The number of methoxy groups -OCH3 is 2. The number of nitrogens with zero attached hydrogens (tertiary/aromatic N) is 4. The number of halogens is 1. The maximum atomic E-state index is 14.0. The molecule has 4 N–H and O–H groups in total. The topological polar surface area (TPSA) is 210 Å². The van der Waals surface area contributed by atoms with Gasteiger partial charge in [0.2, 0.25) is 11.8 Å². The molecule has 4 aliphatic heterocycles. The molecule has 4 aliphatic rings. The van der Waals surface area contributed by atoms with E-state index >= 15 is 0 Å². The van der Waals surface area contributed by atoms with Crippen molar-refractivity contribution in [3.8, 4) is 23.0 Å². The number of fused-ring (bicyclic) bond motifs is 4. The Balaban J connectivity index is 0.856. The van der Waals surface area contributed by atoms with Crippen molar-refractivity contribution < 1.29 is 52.4 Å². The molecule has 4 aromatic carbocycles. The van der Waals surface area contributed by atoms with Crippen LogP contribution in [0.15, 0.2) is 95.2 Å². The minimum atomic E-state index is -1.34. The summed E-state index contributed by atoms with van der Waals surface area (Å²) in [7, 11) is 2.99. The normalized spacial score (nSPS) is 17.6. The summed E-state index contributed by atoms with van der Waals surface area (Å²) < 4.78 is 37.0. The Morgan fingerprint density at radius 2 is 1.19 bits per heavy atom. The van der Waals surface area contributed by atoms with Crippen molar-refractivity contribution in [1.29, 1.82) is 0 Å². The number of carboxylic acid groups (broad SMARTS) is 1. The second-order valence-electron chi connectivity index (χ2n) is 16.9. The average Bonchev–Trinajstić information content (AvgIpc) is 3.90. The van der Waals surface area contributed by atoms with Crippen LogP contribution in [0.2, 0.25) is 0 Å². The Morgan fingerprint density at radius 3 is 1.65 bits per heavy atom. The maximum absolute atomic E-state index is 14.0. The van der Waals surface area contributed by atoms with Crippen LogP contribution in [0.3, 0.4) is 0 Å². The predicted molar refractivity (Wildman–Crippen MR) is 252 cm³/mol. The molecule has 68 heavy (non-hydrogen) atoms. The van der Waals surface area contributed by atoms with E-state index in [1.54, 1.807) is 97.0 Å². The largest absolute Gasteiger partial charge is 0.493 e. The summed E-state index contributed by atoms with van der Waals surface area (Å²) in [6.07, 6.45) is 7.21. The Morgan fingerprint density at radius 1 is 0.706 bits per heavy atom. The van der Waals surface area contributed by atoms with E-state index in [0.717, 1.165) is 22.3 Å². The van der Waals surface area contributed by atoms with Crippen molar-refractivity contribution in [2.75, 3.05) is 32.8 Å². The molecule has 4 aromatic rings. The molecule has 0 radical (unpaired) electrons. The fourth-order valence-corrected chi connectivity index (χ4v) is 8.28. The average molecular weight is 928 g/mol. The highest BCUT2D eigenvalue weighted by Gasteiger charge is 2.35. The highest BCUT2D eigenvalue weighted by molar-refractivity contribution is 6.07. The highest BCUT2D eigenvalue weighted by atomic mass is 19.1. The molecule has 352 valence electrons. The molecular formula is C50H50FN7O10. The minimum absolute atomic E-state index is 0.235. The van der Waals surface area contributed by atoms with Crippen molar-refractivity contribution >= 4 is 70.4 Å². The van der Waals surface area contributed by atoms with Crippen LogP contribution in [0.1, 0.15) is 71.9 Å². The van der Waals surface area contributed by atoms with Gasteiger partial charge in [0.25, 0.3) is 11.8 Å². The summed E-state index contributed by atoms with van der Waals surface area (Å²) in [5.74, 6) is -0.695. The van der Waals surface area contributed by atoms with Crippen molar-refractivity contribution in [1.82, 2.24) is 20.4 Å². The number of aliphatic imine (C=N–C) groups is 2. The Bertz CT molecular complexity index is 2770. The van der Waals surface area contributed by atoms with Gasteiger partial charge in [-0.15, -0.1) is 0 Å². The quantitative estimate of drug-likeness (QED) is 0.0820. The summed E-state index contributed by atoms with van der Waals surface area (Å²) in [5.41, 5.74) is 5.55. The number of carbonyl (C=O) groups is 5. The monoisotopic (exact) mass is 927 g/mol. The van der Waals surface area contributed by atoms with Gasteiger partial charge in [0.15, 0.2) is 23.0 Å². The molecule has 2 unspecified atom stereocenters. The van der Waals surface area contributed by atoms with Crippen LogP contribution in [-0.2, 0) is 9.59 Å². The molecule has 0 aromatic heterocycles. The van der Waals surface area contributed by atoms with E-state index in [0.29, 0.717) is 70.4 Å². The number of hydrogen-bond acceptors (Lipinski definition) is 11. The van der Waals surface area contributed by atoms with Crippen LogP contribution < -0.4 is 34.9 Å². The van der Waals surface area contributed by atoms with Crippen LogP contribution in [0, 0.1) is 11.7 Å². The third-order valence-corrected chi connectivity index (χ3v) is 11.9. The number of anilines is 1. The van der Waals surface area contributed by atoms with Crippen molar-refractivity contribution in [3.05, 3.63) is 113 Å². The zero-order valence-corrected chi connectivity index (χ0v) is 37.9. The van der Waals surface area contributed by atoms with Gasteiger partial charge in [-0.1, -0.05) is 38.1 Å². The summed E-state index contributed by atoms with van der Waals surface area (Å²) >= 11 is 0. The molecule has 0 bridgehead atoms. The number of amides is 5. The molecule has 18 heteroatoms. The van der Waals surface area contributed by atoms with Gasteiger partial charge in [0.05, 0.1) is 62.0 Å². The highest BCUT2D eigenvalue weighted by Crippen LogP contribution is 2.42. The van der Waals surface area contributed by atoms with Gasteiger partial charge >= 0.3 is 6.09 Å². The Hall–Kier alpha value is -8.02. The molecule has 17 nitrogen and oxygen atoms in total. The molecule has 8 rings (SSSR count). The Kier molecular flexibility index (Phi) is 13.6. The van der Waals surface area contributed by atoms with E-state index in [2.05, 4.69) is 20.9 Å². The van der Waals surface area contributed by atoms with E-state index < -0.39 is 30.0 Å². The molecule has 0 fully saturated rings. The van der Waals surface area contributed by atoms with Gasteiger partial charge in [0.1, 0.15) is 17.9 Å². The first kappa shape index (κ1) is 46.5. The Labute approximate surface area is 391 Å². The van der Waals surface area contributed by atoms with Gasteiger partial charge in [0, 0.05) is 61.9 Å². The van der Waals surface area contributed by atoms with Gasteiger partial charge in [-0.3, -0.25) is 29.2 Å². The standard InChI is InChI=1S/C50H50FN7O10/c1-27(2)45(56-50(63)64)47(60)54-28(3)46(59)55-34-13-9-30(10-14-34)32-18-36-24-53-40-22-44(42(66-5)20-38(40)49(62)58(36)26-32)68-16-6-15-67-43-21-39-37(19-41(43)65-4)48(61)57-25-31(17-35(57)23-52-39)29-7-11-33(51)12-8-29/h7-14,19-28,35-36,45,56H,6,15-18H2,1-5H3,(H,54,60)(H,55,59)(H,63,64)/t28?,35-,36-,45?/m0/s1. The molecular weight excluding hydrogens is 878 g/mol. The molecule has 0 saturated heterocycles. The fourth-order valence-electron chi connectivity index (χ4n) is 8.28. The van der Waals surface area contributed by atoms with Crippen molar-refractivity contribution in [3.63, 3.8) is 0 Å². The smallest absolute Gasteiger partial charge is 0.405 e. The van der Waals surface area contributed by atoms with Gasteiger partial charge < -0.3 is 49.8 Å². The summed E-state index contributed by atoms with van der Waals surface area (Å²) in [6, 6.07) is 17.3.